The van der Waals surface area contributed by atoms with Gasteiger partial charge in [0, 0.05) is 18.3 Å². The summed E-state index contributed by atoms with van der Waals surface area (Å²) in [4.78, 5) is 2.48. The van der Waals surface area contributed by atoms with Crippen LogP contribution >= 0.6 is 0 Å². The van der Waals surface area contributed by atoms with Crippen LogP contribution < -0.4 is 9.64 Å². The molecule has 1 aliphatic heterocycles. The van der Waals surface area contributed by atoms with Gasteiger partial charge >= 0.3 is 0 Å². The molecule has 0 saturated carbocycles. The van der Waals surface area contributed by atoms with Crippen molar-refractivity contribution >= 4 is 5.69 Å². The third-order valence-electron chi connectivity index (χ3n) is 3.84. The third kappa shape index (κ3) is 2.30. The zero-order valence-corrected chi connectivity index (χ0v) is 11.5. The van der Waals surface area contributed by atoms with Gasteiger partial charge in [0.25, 0.3) is 0 Å². The highest BCUT2D eigenvalue weighted by molar-refractivity contribution is 5.61. The van der Waals surface area contributed by atoms with E-state index in [1.807, 2.05) is 0 Å². The van der Waals surface area contributed by atoms with Gasteiger partial charge in [0.2, 0.25) is 0 Å². The van der Waals surface area contributed by atoms with Gasteiger partial charge in [-0.15, -0.1) is 0 Å². The van der Waals surface area contributed by atoms with Crippen LogP contribution in [0.25, 0.3) is 0 Å². The van der Waals surface area contributed by atoms with Crippen molar-refractivity contribution in [2.45, 2.75) is 25.9 Å². The zero-order valence-electron chi connectivity index (χ0n) is 11.5. The highest BCUT2D eigenvalue weighted by Gasteiger charge is 2.26. The van der Waals surface area contributed by atoms with E-state index in [-0.39, 0.29) is 0 Å². The summed E-state index contributed by atoms with van der Waals surface area (Å²) in [5, 5.41) is 0. The van der Waals surface area contributed by atoms with E-state index >= 15 is 0 Å². The second-order valence-electron chi connectivity index (χ2n) is 5.16. The van der Waals surface area contributed by atoms with Crippen molar-refractivity contribution < 1.29 is 4.74 Å². The molecular weight excluding hydrogens is 234 g/mol. The molecular formula is C17H19NO. The average Bonchev–Trinajstić information content (AvgIpc) is 2.75. The van der Waals surface area contributed by atoms with Crippen molar-refractivity contribution in [2.24, 2.45) is 0 Å². The van der Waals surface area contributed by atoms with Crippen molar-refractivity contribution in [3.05, 3.63) is 59.7 Å². The van der Waals surface area contributed by atoms with Gasteiger partial charge < -0.3 is 9.64 Å². The lowest BCUT2D eigenvalue weighted by atomic mass is 10.1. The maximum atomic E-state index is 5.31. The summed E-state index contributed by atoms with van der Waals surface area (Å²) in [7, 11) is 1.72. The first-order chi connectivity index (χ1) is 9.28. The number of methoxy groups -OCH3 is 1. The Hall–Kier alpha value is -1.96. The summed E-state index contributed by atoms with van der Waals surface area (Å²) in [6.45, 7) is 3.26. The van der Waals surface area contributed by atoms with Crippen LogP contribution in [0.4, 0.5) is 5.69 Å². The standard InChI is InChI=1S/C17H19NO/c1-13-10-15-11-16(19-2)8-9-17(15)18(13)12-14-6-4-3-5-7-14/h3-9,11,13H,10,12H2,1-2H3. The summed E-state index contributed by atoms with van der Waals surface area (Å²) in [6, 6.07) is 17.6. The van der Waals surface area contributed by atoms with Gasteiger partial charge in [-0.3, -0.25) is 0 Å². The number of hydrogen-bond donors (Lipinski definition) is 0. The zero-order chi connectivity index (χ0) is 13.2. The molecule has 0 radical (unpaired) electrons. The molecule has 1 atom stereocenters. The Kier molecular flexibility index (Phi) is 3.16. The summed E-state index contributed by atoms with van der Waals surface area (Å²) >= 11 is 0. The molecule has 0 N–H and O–H groups in total. The number of anilines is 1. The number of benzene rings is 2. The van der Waals surface area contributed by atoms with Crippen LogP contribution in [0.5, 0.6) is 5.75 Å². The Morgan fingerprint density at radius 1 is 1.16 bits per heavy atom. The molecule has 0 bridgehead atoms. The highest BCUT2D eigenvalue weighted by Crippen LogP contribution is 2.35. The number of fused-ring (bicyclic) bond motifs is 1. The average molecular weight is 253 g/mol. The molecule has 2 aromatic carbocycles. The first kappa shape index (κ1) is 12.1. The predicted octanol–water partition coefficient (Wildman–Crippen LogP) is 3.65. The number of nitrogens with zero attached hydrogens (tertiary/aromatic N) is 1. The lowest BCUT2D eigenvalue weighted by molar-refractivity contribution is 0.414. The molecule has 1 aliphatic rings. The smallest absolute Gasteiger partial charge is 0.119 e. The van der Waals surface area contributed by atoms with Crippen LogP contribution in [0.15, 0.2) is 48.5 Å². The minimum atomic E-state index is 0.544. The summed E-state index contributed by atoms with van der Waals surface area (Å²) in [6.07, 6.45) is 1.10. The quantitative estimate of drug-likeness (QED) is 0.828. The molecule has 19 heavy (non-hydrogen) atoms. The molecule has 0 aliphatic carbocycles. The molecule has 2 heteroatoms. The van der Waals surface area contributed by atoms with Gasteiger partial charge in [-0.2, -0.15) is 0 Å². The minimum absolute atomic E-state index is 0.544. The van der Waals surface area contributed by atoms with Crippen LogP contribution in [-0.2, 0) is 13.0 Å². The molecule has 0 aromatic heterocycles. The summed E-state index contributed by atoms with van der Waals surface area (Å²) in [5.41, 5.74) is 4.10. The fourth-order valence-corrected chi connectivity index (χ4v) is 2.82. The van der Waals surface area contributed by atoms with E-state index in [1.54, 1.807) is 7.11 Å². The maximum Gasteiger partial charge on any atom is 0.119 e. The van der Waals surface area contributed by atoms with E-state index < -0.39 is 0 Å². The van der Waals surface area contributed by atoms with Crippen molar-refractivity contribution in [3.63, 3.8) is 0 Å². The Morgan fingerprint density at radius 2 is 1.95 bits per heavy atom. The van der Waals surface area contributed by atoms with Gasteiger partial charge in [0.1, 0.15) is 5.75 Å². The van der Waals surface area contributed by atoms with Gasteiger partial charge in [0.15, 0.2) is 0 Å². The molecule has 2 aromatic rings. The molecule has 3 rings (SSSR count). The Morgan fingerprint density at radius 3 is 2.68 bits per heavy atom. The van der Waals surface area contributed by atoms with Crippen molar-refractivity contribution in [1.82, 2.24) is 0 Å². The van der Waals surface area contributed by atoms with Crippen molar-refractivity contribution in [2.75, 3.05) is 12.0 Å². The minimum Gasteiger partial charge on any atom is -0.497 e. The number of hydrogen-bond acceptors (Lipinski definition) is 2. The number of rotatable bonds is 3. The molecule has 0 spiro atoms. The highest BCUT2D eigenvalue weighted by atomic mass is 16.5. The Bertz CT molecular complexity index is 565. The van der Waals surface area contributed by atoms with E-state index in [1.165, 1.54) is 16.8 Å². The second kappa shape index (κ2) is 4.96. The fourth-order valence-electron chi connectivity index (χ4n) is 2.82. The van der Waals surface area contributed by atoms with Crippen molar-refractivity contribution in [1.29, 1.82) is 0 Å². The third-order valence-corrected chi connectivity index (χ3v) is 3.84. The van der Waals surface area contributed by atoms with Crippen LogP contribution in [0.1, 0.15) is 18.1 Å². The maximum absolute atomic E-state index is 5.31. The Labute approximate surface area is 114 Å². The topological polar surface area (TPSA) is 12.5 Å². The van der Waals surface area contributed by atoms with E-state index in [9.17, 15) is 0 Å². The van der Waals surface area contributed by atoms with E-state index in [0.717, 1.165) is 18.7 Å². The normalized spacial score (nSPS) is 17.4. The molecule has 2 nitrogen and oxygen atoms in total. The molecule has 1 heterocycles. The lowest BCUT2D eigenvalue weighted by Crippen LogP contribution is -2.28. The van der Waals surface area contributed by atoms with Crippen LogP contribution in [0.3, 0.4) is 0 Å². The van der Waals surface area contributed by atoms with Crippen molar-refractivity contribution in [3.8, 4) is 5.75 Å². The predicted molar refractivity (Wildman–Crippen MR) is 78.8 cm³/mol. The van der Waals surface area contributed by atoms with Gasteiger partial charge in [-0.1, -0.05) is 30.3 Å². The van der Waals surface area contributed by atoms with Crippen LogP contribution in [-0.4, -0.2) is 13.2 Å². The van der Waals surface area contributed by atoms with E-state index in [2.05, 4.69) is 60.4 Å². The van der Waals surface area contributed by atoms with Gasteiger partial charge in [0.05, 0.1) is 7.11 Å². The summed E-state index contributed by atoms with van der Waals surface area (Å²) in [5.74, 6) is 0.951. The van der Waals surface area contributed by atoms with E-state index in [0.29, 0.717) is 6.04 Å². The monoisotopic (exact) mass is 253 g/mol. The molecule has 98 valence electrons. The fraction of sp³-hybridized carbons (Fsp3) is 0.294. The van der Waals surface area contributed by atoms with Crippen LogP contribution in [0, 0.1) is 0 Å². The molecule has 0 saturated heterocycles. The summed E-state index contributed by atoms with van der Waals surface area (Å²) < 4.78 is 5.31. The largest absolute Gasteiger partial charge is 0.497 e. The lowest BCUT2D eigenvalue weighted by Gasteiger charge is -2.25. The Balaban J connectivity index is 1.88. The molecule has 0 fully saturated rings. The van der Waals surface area contributed by atoms with Gasteiger partial charge in [-0.25, -0.2) is 0 Å². The molecule has 1 unspecified atom stereocenters. The second-order valence-corrected chi connectivity index (χ2v) is 5.16. The number of ether oxygens (including phenoxy) is 1. The first-order valence-electron chi connectivity index (χ1n) is 6.75. The molecule has 0 amide bonds. The van der Waals surface area contributed by atoms with E-state index in [4.69, 9.17) is 4.74 Å². The van der Waals surface area contributed by atoms with Crippen LogP contribution in [0.2, 0.25) is 0 Å². The SMILES string of the molecule is COc1ccc2c(c1)CC(C)N2Cc1ccccc1. The van der Waals surface area contributed by atoms with Gasteiger partial charge in [-0.05, 0) is 42.7 Å². The first-order valence-corrected chi connectivity index (χ1v) is 6.75.